The van der Waals surface area contributed by atoms with Gasteiger partial charge in [0.15, 0.2) is 11.7 Å². The third-order valence-electron chi connectivity index (χ3n) is 2.72. The van der Waals surface area contributed by atoms with Crippen LogP contribution in [0.4, 0.5) is 10.1 Å². The fourth-order valence-electron chi connectivity index (χ4n) is 1.83. The van der Waals surface area contributed by atoms with Crippen molar-refractivity contribution in [3.8, 4) is 0 Å². The highest BCUT2D eigenvalue weighted by atomic mass is 79.9. The van der Waals surface area contributed by atoms with Gasteiger partial charge in [0.1, 0.15) is 0 Å². The summed E-state index contributed by atoms with van der Waals surface area (Å²) in [5.74, 6) is -0.533. The minimum Gasteiger partial charge on any atom is -0.409 e. The highest BCUT2D eigenvalue weighted by Gasteiger charge is 2.18. The van der Waals surface area contributed by atoms with E-state index in [0.717, 1.165) is 0 Å². The number of nitrogens with zero attached hydrogens (tertiary/aromatic N) is 2. The van der Waals surface area contributed by atoms with Crippen LogP contribution >= 0.6 is 15.9 Å². The first-order valence-corrected chi connectivity index (χ1v) is 6.45. The van der Waals surface area contributed by atoms with Crippen molar-refractivity contribution in [3.63, 3.8) is 0 Å². The molecule has 0 unspecified atom stereocenters. The quantitative estimate of drug-likeness (QED) is 0.388. The molecule has 0 aliphatic rings. The first-order valence-electron chi connectivity index (χ1n) is 5.66. The Bertz CT molecular complexity index is 463. The summed E-state index contributed by atoms with van der Waals surface area (Å²) in [6, 6.07) is 3.45. The zero-order valence-corrected chi connectivity index (χ0v) is 12.2. The van der Waals surface area contributed by atoms with Gasteiger partial charge >= 0.3 is 0 Å². The van der Waals surface area contributed by atoms with E-state index in [9.17, 15) is 4.39 Å². The maximum Gasteiger partial charge on any atom is 0.171 e. The lowest BCUT2D eigenvalue weighted by atomic mass is 10.1. The lowest BCUT2D eigenvalue weighted by molar-refractivity contribution is 0.318. The summed E-state index contributed by atoms with van der Waals surface area (Å²) in [6.07, 6.45) is 0. The molecule has 0 saturated heterocycles. The van der Waals surface area contributed by atoms with E-state index < -0.39 is 5.82 Å². The van der Waals surface area contributed by atoms with E-state index in [4.69, 9.17) is 10.9 Å². The Morgan fingerprint density at radius 2 is 2.17 bits per heavy atom. The van der Waals surface area contributed by atoms with E-state index in [1.807, 2.05) is 25.7 Å². The summed E-state index contributed by atoms with van der Waals surface area (Å²) >= 11 is 3.15. The zero-order valence-electron chi connectivity index (χ0n) is 10.6. The predicted molar refractivity (Wildman–Crippen MR) is 74.8 cm³/mol. The van der Waals surface area contributed by atoms with Gasteiger partial charge in [0.05, 0.1) is 10.2 Å². The maximum atomic E-state index is 14.3. The molecule has 0 aliphatic carbocycles. The normalized spacial score (nSPS) is 12.0. The smallest absolute Gasteiger partial charge is 0.171 e. The molecule has 0 saturated carbocycles. The van der Waals surface area contributed by atoms with Gasteiger partial charge in [0.2, 0.25) is 0 Å². The number of amidine groups is 1. The lowest BCUT2D eigenvalue weighted by Crippen LogP contribution is -2.31. The molecule has 1 aromatic carbocycles. The van der Waals surface area contributed by atoms with Crippen LogP contribution in [0, 0.1) is 5.82 Å². The summed E-state index contributed by atoms with van der Waals surface area (Å²) in [5.41, 5.74) is 6.30. The first-order chi connectivity index (χ1) is 8.43. The second-order valence-corrected chi connectivity index (χ2v) is 4.92. The Morgan fingerprint density at radius 1 is 1.56 bits per heavy atom. The SMILES string of the molecule is CCN(c1ccc(/C(N)=N/O)c(Br)c1F)C(C)C. The van der Waals surface area contributed by atoms with Crippen LogP contribution in [0.5, 0.6) is 0 Å². The molecule has 0 atom stereocenters. The van der Waals surface area contributed by atoms with E-state index in [-0.39, 0.29) is 16.4 Å². The van der Waals surface area contributed by atoms with Gasteiger partial charge in [-0.2, -0.15) is 0 Å². The average Bonchev–Trinajstić information content (AvgIpc) is 2.34. The van der Waals surface area contributed by atoms with Gasteiger partial charge < -0.3 is 15.8 Å². The highest BCUT2D eigenvalue weighted by molar-refractivity contribution is 9.10. The molecule has 100 valence electrons. The van der Waals surface area contributed by atoms with E-state index in [1.165, 1.54) is 0 Å². The van der Waals surface area contributed by atoms with Gasteiger partial charge in [-0.1, -0.05) is 5.16 Å². The van der Waals surface area contributed by atoms with Crippen molar-refractivity contribution < 1.29 is 9.60 Å². The van der Waals surface area contributed by atoms with Crippen LogP contribution in [0.25, 0.3) is 0 Å². The summed E-state index contributed by atoms with van der Waals surface area (Å²) < 4.78 is 14.5. The van der Waals surface area contributed by atoms with Gasteiger partial charge in [0, 0.05) is 18.2 Å². The molecule has 1 aromatic rings. The number of hydrogen-bond donors (Lipinski definition) is 2. The molecule has 0 radical (unpaired) electrons. The summed E-state index contributed by atoms with van der Waals surface area (Å²) in [7, 11) is 0. The van der Waals surface area contributed by atoms with Crippen LogP contribution in [0.15, 0.2) is 21.8 Å². The largest absolute Gasteiger partial charge is 0.409 e. The minimum absolute atomic E-state index is 0.125. The number of halogens is 2. The average molecular weight is 318 g/mol. The molecule has 0 aromatic heterocycles. The molecule has 18 heavy (non-hydrogen) atoms. The van der Waals surface area contributed by atoms with E-state index in [2.05, 4.69) is 21.1 Å². The summed E-state index contributed by atoms with van der Waals surface area (Å²) in [5, 5.41) is 11.5. The topological polar surface area (TPSA) is 61.8 Å². The zero-order chi connectivity index (χ0) is 13.9. The van der Waals surface area contributed by atoms with Crippen molar-refractivity contribution in [2.75, 3.05) is 11.4 Å². The highest BCUT2D eigenvalue weighted by Crippen LogP contribution is 2.30. The van der Waals surface area contributed by atoms with Crippen molar-refractivity contribution in [2.45, 2.75) is 26.8 Å². The molecule has 3 N–H and O–H groups in total. The van der Waals surface area contributed by atoms with E-state index >= 15 is 0 Å². The Hall–Kier alpha value is -1.30. The first kappa shape index (κ1) is 14.8. The summed E-state index contributed by atoms with van der Waals surface area (Å²) in [4.78, 5) is 1.93. The van der Waals surface area contributed by atoms with Crippen molar-refractivity contribution >= 4 is 27.5 Å². The minimum atomic E-state index is -0.408. The Balaban J connectivity index is 3.31. The Kier molecular flexibility index (Phi) is 4.95. The number of benzene rings is 1. The molecule has 1 rings (SSSR count). The number of oxime groups is 1. The van der Waals surface area contributed by atoms with Crippen LogP contribution in [-0.4, -0.2) is 23.6 Å². The van der Waals surface area contributed by atoms with Gasteiger partial charge in [-0.05, 0) is 48.8 Å². The van der Waals surface area contributed by atoms with Gasteiger partial charge in [-0.25, -0.2) is 4.39 Å². The van der Waals surface area contributed by atoms with Gasteiger partial charge in [-0.15, -0.1) is 0 Å². The van der Waals surface area contributed by atoms with Crippen molar-refractivity contribution in [1.29, 1.82) is 0 Å². The number of nitrogens with two attached hydrogens (primary N) is 1. The molecular weight excluding hydrogens is 301 g/mol. The fourth-order valence-corrected chi connectivity index (χ4v) is 2.36. The molecule has 6 heteroatoms. The summed E-state index contributed by atoms with van der Waals surface area (Å²) in [6.45, 7) is 6.65. The van der Waals surface area contributed by atoms with Crippen LogP contribution in [0.2, 0.25) is 0 Å². The van der Waals surface area contributed by atoms with Crippen LogP contribution < -0.4 is 10.6 Å². The monoisotopic (exact) mass is 317 g/mol. The standard InChI is InChI=1S/C12H17BrFN3O/c1-4-17(7(2)3)9-6-5-8(12(15)16-18)10(13)11(9)14/h5-7,18H,4H2,1-3H3,(H2,15,16). The molecule has 4 nitrogen and oxygen atoms in total. The number of rotatable bonds is 4. The van der Waals surface area contributed by atoms with Crippen molar-refractivity contribution in [1.82, 2.24) is 0 Å². The molecule has 0 heterocycles. The van der Waals surface area contributed by atoms with Gasteiger partial charge in [0.25, 0.3) is 0 Å². The van der Waals surface area contributed by atoms with E-state index in [1.54, 1.807) is 12.1 Å². The maximum absolute atomic E-state index is 14.3. The second kappa shape index (κ2) is 6.04. The third-order valence-corrected chi connectivity index (χ3v) is 3.49. The molecule has 0 fully saturated rings. The number of anilines is 1. The fraction of sp³-hybridized carbons (Fsp3) is 0.417. The molecule has 0 spiro atoms. The van der Waals surface area contributed by atoms with Crippen LogP contribution in [-0.2, 0) is 0 Å². The van der Waals surface area contributed by atoms with Crippen LogP contribution in [0.1, 0.15) is 26.3 Å². The van der Waals surface area contributed by atoms with Crippen molar-refractivity contribution in [3.05, 3.63) is 28.0 Å². The van der Waals surface area contributed by atoms with Crippen LogP contribution in [0.3, 0.4) is 0 Å². The lowest BCUT2D eigenvalue weighted by Gasteiger charge is -2.28. The number of hydrogen-bond acceptors (Lipinski definition) is 3. The molecule has 0 bridgehead atoms. The second-order valence-electron chi connectivity index (χ2n) is 4.13. The predicted octanol–water partition coefficient (Wildman–Crippen LogP) is 2.92. The van der Waals surface area contributed by atoms with Crippen molar-refractivity contribution in [2.24, 2.45) is 10.9 Å². The molecular formula is C12H17BrFN3O. The molecule has 0 aliphatic heterocycles. The third kappa shape index (κ3) is 2.75. The Labute approximate surface area is 114 Å². The van der Waals surface area contributed by atoms with E-state index in [0.29, 0.717) is 17.8 Å². The van der Waals surface area contributed by atoms with Gasteiger partial charge in [-0.3, -0.25) is 0 Å². The Morgan fingerprint density at radius 3 is 2.61 bits per heavy atom. The molecule has 0 amide bonds.